The van der Waals surface area contributed by atoms with Gasteiger partial charge in [-0.15, -0.1) is 0 Å². The number of carbonyl (C=O) groups is 1. The molecule has 134 valence electrons. The molecule has 1 aromatic heterocycles. The lowest BCUT2D eigenvalue weighted by atomic mass is 9.96. The molecule has 0 spiro atoms. The van der Waals surface area contributed by atoms with E-state index in [1.165, 1.54) is 25.3 Å². The first kappa shape index (κ1) is 17.2. The third kappa shape index (κ3) is 3.89. The van der Waals surface area contributed by atoms with Crippen LogP contribution in [0.2, 0.25) is 0 Å². The molecule has 0 radical (unpaired) electrons. The van der Waals surface area contributed by atoms with Crippen molar-refractivity contribution in [1.29, 1.82) is 0 Å². The van der Waals surface area contributed by atoms with Crippen molar-refractivity contribution >= 4 is 11.7 Å². The standard InChI is InChI=1S/C17H22FN5O2/c1-3-15-20-16(22-21-15)11-6-8-23(9-7-11)17(24)19-12-4-5-13(18)14(10-12)25-2/h4-5,10-11H,3,6-9H2,1-2H3,(H,19,24)(H,20,21,22). The van der Waals surface area contributed by atoms with Crippen LogP contribution < -0.4 is 10.1 Å². The van der Waals surface area contributed by atoms with E-state index in [-0.39, 0.29) is 17.7 Å². The van der Waals surface area contributed by atoms with Crippen LogP contribution in [-0.2, 0) is 6.42 Å². The molecule has 2 amide bonds. The van der Waals surface area contributed by atoms with Gasteiger partial charge in [0.2, 0.25) is 0 Å². The number of amides is 2. The van der Waals surface area contributed by atoms with E-state index in [1.807, 2.05) is 6.92 Å². The summed E-state index contributed by atoms with van der Waals surface area (Å²) < 4.78 is 18.4. The summed E-state index contributed by atoms with van der Waals surface area (Å²) in [6.45, 7) is 3.29. The largest absolute Gasteiger partial charge is 0.494 e. The van der Waals surface area contributed by atoms with Gasteiger partial charge < -0.3 is 15.0 Å². The van der Waals surface area contributed by atoms with Crippen LogP contribution in [0.3, 0.4) is 0 Å². The molecule has 1 aliphatic heterocycles. The Morgan fingerprint density at radius 1 is 1.44 bits per heavy atom. The number of hydrogen-bond donors (Lipinski definition) is 2. The van der Waals surface area contributed by atoms with Gasteiger partial charge in [0.15, 0.2) is 17.4 Å². The van der Waals surface area contributed by atoms with Crippen molar-refractivity contribution in [3.8, 4) is 5.75 Å². The highest BCUT2D eigenvalue weighted by molar-refractivity contribution is 5.89. The van der Waals surface area contributed by atoms with Crippen LogP contribution in [0.4, 0.5) is 14.9 Å². The number of rotatable bonds is 4. The maximum atomic E-state index is 13.4. The molecule has 0 saturated carbocycles. The molecule has 0 aliphatic carbocycles. The molecule has 1 saturated heterocycles. The highest BCUT2D eigenvalue weighted by Gasteiger charge is 2.26. The summed E-state index contributed by atoms with van der Waals surface area (Å²) >= 11 is 0. The van der Waals surface area contributed by atoms with Crippen LogP contribution in [0.5, 0.6) is 5.75 Å². The Bertz CT molecular complexity index is 740. The Morgan fingerprint density at radius 3 is 2.84 bits per heavy atom. The van der Waals surface area contributed by atoms with Gasteiger partial charge in [0.05, 0.1) is 7.11 Å². The van der Waals surface area contributed by atoms with E-state index in [0.717, 1.165) is 30.9 Å². The lowest BCUT2D eigenvalue weighted by Crippen LogP contribution is -2.40. The summed E-state index contributed by atoms with van der Waals surface area (Å²) in [5.74, 6) is 1.64. The Labute approximate surface area is 145 Å². The predicted molar refractivity (Wildman–Crippen MR) is 91.3 cm³/mol. The number of piperidine rings is 1. The molecule has 2 N–H and O–H groups in total. The maximum Gasteiger partial charge on any atom is 0.321 e. The molecule has 0 unspecified atom stereocenters. The summed E-state index contributed by atoms with van der Waals surface area (Å²) in [6.07, 6.45) is 2.47. The minimum absolute atomic E-state index is 0.104. The highest BCUT2D eigenvalue weighted by atomic mass is 19.1. The molecule has 0 atom stereocenters. The Morgan fingerprint density at radius 2 is 2.20 bits per heavy atom. The zero-order valence-corrected chi connectivity index (χ0v) is 14.4. The molecular weight excluding hydrogens is 325 g/mol. The Balaban J connectivity index is 1.56. The van der Waals surface area contributed by atoms with Crippen LogP contribution >= 0.6 is 0 Å². The average molecular weight is 347 g/mol. The van der Waals surface area contributed by atoms with Gasteiger partial charge in [-0.05, 0) is 25.0 Å². The van der Waals surface area contributed by atoms with E-state index < -0.39 is 5.82 Å². The summed E-state index contributed by atoms with van der Waals surface area (Å²) in [5, 5.41) is 9.99. The molecule has 0 bridgehead atoms. The first-order valence-electron chi connectivity index (χ1n) is 8.41. The number of aryl methyl sites for hydroxylation is 1. The number of ether oxygens (including phenoxy) is 1. The number of aromatic nitrogens is 3. The third-order valence-corrected chi connectivity index (χ3v) is 4.43. The minimum Gasteiger partial charge on any atom is -0.494 e. The number of aromatic amines is 1. The zero-order valence-electron chi connectivity index (χ0n) is 14.4. The van der Waals surface area contributed by atoms with Gasteiger partial charge in [-0.25, -0.2) is 14.2 Å². The number of methoxy groups -OCH3 is 1. The minimum atomic E-state index is -0.459. The fourth-order valence-corrected chi connectivity index (χ4v) is 2.93. The second-order valence-electron chi connectivity index (χ2n) is 6.03. The van der Waals surface area contributed by atoms with Crippen LogP contribution in [-0.4, -0.2) is 46.3 Å². The Kier molecular flexibility index (Phi) is 5.16. The quantitative estimate of drug-likeness (QED) is 0.891. The van der Waals surface area contributed by atoms with E-state index in [0.29, 0.717) is 18.8 Å². The second kappa shape index (κ2) is 7.50. The Hall–Kier alpha value is -2.64. The van der Waals surface area contributed by atoms with E-state index in [1.54, 1.807) is 4.90 Å². The molecule has 1 aromatic carbocycles. The number of anilines is 1. The van der Waals surface area contributed by atoms with Gasteiger partial charge in [-0.1, -0.05) is 6.92 Å². The van der Waals surface area contributed by atoms with Gasteiger partial charge in [0.1, 0.15) is 5.82 Å². The number of H-pyrrole nitrogens is 1. The summed E-state index contributed by atoms with van der Waals surface area (Å²) in [4.78, 5) is 18.6. The fourth-order valence-electron chi connectivity index (χ4n) is 2.93. The number of likely N-dealkylation sites (tertiary alicyclic amines) is 1. The summed E-state index contributed by atoms with van der Waals surface area (Å²) in [6, 6.07) is 4.06. The lowest BCUT2D eigenvalue weighted by molar-refractivity contribution is 0.193. The van der Waals surface area contributed by atoms with Crippen LogP contribution in [0.25, 0.3) is 0 Å². The van der Waals surface area contributed by atoms with Crippen molar-refractivity contribution in [2.45, 2.75) is 32.1 Å². The number of nitrogens with one attached hydrogen (secondary N) is 2. The summed E-state index contributed by atoms with van der Waals surface area (Å²) in [5.41, 5.74) is 0.506. The van der Waals surface area contributed by atoms with Crippen molar-refractivity contribution in [3.63, 3.8) is 0 Å². The van der Waals surface area contributed by atoms with Crippen molar-refractivity contribution in [2.24, 2.45) is 0 Å². The number of carbonyl (C=O) groups excluding carboxylic acids is 1. The van der Waals surface area contributed by atoms with Gasteiger partial charge in [-0.3, -0.25) is 5.10 Å². The second-order valence-corrected chi connectivity index (χ2v) is 6.03. The first-order chi connectivity index (χ1) is 12.1. The molecule has 1 aliphatic rings. The number of benzene rings is 1. The molecule has 25 heavy (non-hydrogen) atoms. The maximum absolute atomic E-state index is 13.4. The first-order valence-corrected chi connectivity index (χ1v) is 8.41. The normalized spacial score (nSPS) is 15.2. The van der Waals surface area contributed by atoms with Crippen LogP contribution in [0.1, 0.15) is 37.3 Å². The van der Waals surface area contributed by atoms with Gasteiger partial charge in [0, 0.05) is 37.2 Å². The van der Waals surface area contributed by atoms with E-state index in [4.69, 9.17) is 4.74 Å². The van der Waals surface area contributed by atoms with Gasteiger partial charge in [0.25, 0.3) is 0 Å². The van der Waals surface area contributed by atoms with Crippen molar-refractivity contribution in [3.05, 3.63) is 35.7 Å². The monoisotopic (exact) mass is 347 g/mol. The SMILES string of the molecule is CCc1nc(C2CCN(C(=O)Nc3ccc(F)c(OC)c3)CC2)n[nH]1. The highest BCUT2D eigenvalue weighted by Crippen LogP contribution is 2.26. The molecule has 2 heterocycles. The molecule has 2 aromatic rings. The number of halogens is 1. The van der Waals surface area contributed by atoms with Crippen molar-refractivity contribution in [2.75, 3.05) is 25.5 Å². The lowest BCUT2D eigenvalue weighted by Gasteiger charge is -2.30. The van der Waals surface area contributed by atoms with Gasteiger partial charge in [-0.2, -0.15) is 5.10 Å². The third-order valence-electron chi connectivity index (χ3n) is 4.43. The number of urea groups is 1. The molecule has 8 heteroatoms. The van der Waals surface area contributed by atoms with E-state index in [2.05, 4.69) is 20.5 Å². The molecule has 3 rings (SSSR count). The smallest absolute Gasteiger partial charge is 0.321 e. The molecule has 7 nitrogen and oxygen atoms in total. The van der Waals surface area contributed by atoms with Crippen LogP contribution in [0, 0.1) is 5.82 Å². The van der Waals surface area contributed by atoms with Gasteiger partial charge >= 0.3 is 6.03 Å². The summed E-state index contributed by atoms with van der Waals surface area (Å²) in [7, 11) is 1.39. The molecule has 1 fully saturated rings. The fraction of sp³-hybridized carbons (Fsp3) is 0.471. The van der Waals surface area contributed by atoms with Crippen molar-refractivity contribution < 1.29 is 13.9 Å². The average Bonchev–Trinajstić information content (AvgIpc) is 3.12. The zero-order chi connectivity index (χ0) is 17.8. The van der Waals surface area contributed by atoms with E-state index in [9.17, 15) is 9.18 Å². The topological polar surface area (TPSA) is 83.1 Å². The van der Waals surface area contributed by atoms with E-state index >= 15 is 0 Å². The number of nitrogens with zero attached hydrogens (tertiary/aromatic N) is 3. The van der Waals surface area contributed by atoms with Crippen LogP contribution in [0.15, 0.2) is 18.2 Å². The predicted octanol–water partition coefficient (Wildman–Crippen LogP) is 2.93. The number of hydrogen-bond acceptors (Lipinski definition) is 4. The molecular formula is C17H22FN5O2. The van der Waals surface area contributed by atoms with Crippen molar-refractivity contribution in [1.82, 2.24) is 20.1 Å².